The number of hydrogen-bond acceptors (Lipinski definition) is 4. The van der Waals surface area contributed by atoms with Gasteiger partial charge in [-0.25, -0.2) is 0 Å². The lowest BCUT2D eigenvalue weighted by atomic mass is 9.92. The van der Waals surface area contributed by atoms with Gasteiger partial charge in [-0.1, -0.05) is 0 Å². The van der Waals surface area contributed by atoms with E-state index in [0.717, 1.165) is 38.4 Å². The Balaban J connectivity index is 2.00. The van der Waals surface area contributed by atoms with Crippen LogP contribution in [0.2, 0.25) is 0 Å². The van der Waals surface area contributed by atoms with Crippen LogP contribution >= 0.6 is 27.3 Å². The van der Waals surface area contributed by atoms with Crippen molar-refractivity contribution < 1.29 is 4.74 Å². The second-order valence-corrected chi connectivity index (χ2v) is 7.02. The van der Waals surface area contributed by atoms with Gasteiger partial charge in [-0.15, -0.1) is 11.3 Å². The van der Waals surface area contributed by atoms with E-state index in [2.05, 4.69) is 34.3 Å². The van der Waals surface area contributed by atoms with E-state index in [9.17, 15) is 0 Å². The molecule has 0 bridgehead atoms. The topological polar surface area (TPSA) is 47.3 Å². The quantitative estimate of drug-likeness (QED) is 0.662. The number of hydrazine groups is 1. The van der Waals surface area contributed by atoms with Crippen molar-refractivity contribution in [3.63, 3.8) is 0 Å². The van der Waals surface area contributed by atoms with Crippen LogP contribution in [0.3, 0.4) is 0 Å². The molecular weight excluding hydrogens is 300 g/mol. The summed E-state index contributed by atoms with van der Waals surface area (Å²) in [4.78, 5) is 1.32. The van der Waals surface area contributed by atoms with E-state index in [1.54, 1.807) is 11.3 Å². The molecule has 0 spiro atoms. The Morgan fingerprint density at radius 3 is 2.82 bits per heavy atom. The summed E-state index contributed by atoms with van der Waals surface area (Å²) in [6.07, 6.45) is 3.42. The van der Waals surface area contributed by atoms with Crippen LogP contribution < -0.4 is 11.3 Å². The van der Waals surface area contributed by atoms with E-state index >= 15 is 0 Å². The molecule has 5 heteroatoms. The molecule has 0 radical (unpaired) electrons. The highest BCUT2D eigenvalue weighted by Gasteiger charge is 2.21. The fourth-order valence-electron chi connectivity index (χ4n) is 2.24. The van der Waals surface area contributed by atoms with Crippen molar-refractivity contribution in [1.29, 1.82) is 0 Å². The highest BCUT2D eigenvalue weighted by atomic mass is 79.9. The van der Waals surface area contributed by atoms with Gasteiger partial charge in [-0.05, 0) is 59.7 Å². The number of ether oxygens (including phenoxy) is 1. The van der Waals surface area contributed by atoms with Gasteiger partial charge in [0.2, 0.25) is 0 Å². The first kappa shape index (κ1) is 13.5. The summed E-state index contributed by atoms with van der Waals surface area (Å²) in [5.74, 6) is 6.42. The molecule has 0 saturated carbocycles. The molecule has 1 aliphatic heterocycles. The Hall–Kier alpha value is 0.0600. The minimum Gasteiger partial charge on any atom is -0.381 e. The summed E-state index contributed by atoms with van der Waals surface area (Å²) in [6.45, 7) is 3.91. The van der Waals surface area contributed by atoms with E-state index < -0.39 is 0 Å². The third-order valence-corrected chi connectivity index (χ3v) is 5.58. The standard InChI is InChI=1S/C12H19BrN2OS/c1-8-6-11(17-12(8)13)10(15-14)7-9-2-4-16-5-3-9/h6,9-10,15H,2-5,7,14H2,1H3. The van der Waals surface area contributed by atoms with Gasteiger partial charge in [-0.3, -0.25) is 11.3 Å². The van der Waals surface area contributed by atoms with Gasteiger partial charge in [-0.2, -0.15) is 0 Å². The molecule has 1 unspecified atom stereocenters. The summed E-state index contributed by atoms with van der Waals surface area (Å²) in [6, 6.07) is 2.49. The Bertz CT molecular complexity index is 344. The molecule has 0 aliphatic carbocycles. The summed E-state index contributed by atoms with van der Waals surface area (Å²) in [5, 5.41) is 0. The number of halogens is 1. The second kappa shape index (κ2) is 6.29. The van der Waals surface area contributed by atoms with Crippen LogP contribution in [-0.4, -0.2) is 13.2 Å². The van der Waals surface area contributed by atoms with Crippen molar-refractivity contribution in [2.24, 2.45) is 11.8 Å². The lowest BCUT2D eigenvalue weighted by Crippen LogP contribution is -2.30. The van der Waals surface area contributed by atoms with Crippen LogP contribution in [0.4, 0.5) is 0 Å². The minimum absolute atomic E-state index is 0.271. The predicted molar refractivity (Wildman–Crippen MR) is 75.0 cm³/mol. The zero-order valence-corrected chi connectivity index (χ0v) is 12.4. The SMILES string of the molecule is Cc1cc(C(CC2CCOCC2)NN)sc1Br. The normalized spacial score (nSPS) is 19.5. The fraction of sp³-hybridized carbons (Fsp3) is 0.667. The maximum Gasteiger partial charge on any atom is 0.0731 e. The summed E-state index contributed by atoms with van der Waals surface area (Å²) < 4.78 is 6.60. The van der Waals surface area contributed by atoms with Crippen molar-refractivity contribution in [3.8, 4) is 0 Å². The number of nitrogens with one attached hydrogen (secondary N) is 1. The number of nitrogens with two attached hydrogens (primary N) is 1. The molecule has 0 aromatic carbocycles. The molecule has 96 valence electrons. The molecule has 1 aromatic rings. The molecule has 17 heavy (non-hydrogen) atoms. The smallest absolute Gasteiger partial charge is 0.0731 e. The van der Waals surface area contributed by atoms with Crippen molar-refractivity contribution in [2.75, 3.05) is 13.2 Å². The molecule has 2 rings (SSSR count). The highest BCUT2D eigenvalue weighted by Crippen LogP contribution is 2.35. The number of rotatable bonds is 4. The molecule has 1 aromatic heterocycles. The van der Waals surface area contributed by atoms with Crippen molar-refractivity contribution in [3.05, 3.63) is 20.3 Å². The van der Waals surface area contributed by atoms with Gasteiger partial charge in [0, 0.05) is 18.1 Å². The summed E-state index contributed by atoms with van der Waals surface area (Å²) in [5.41, 5.74) is 4.24. The van der Waals surface area contributed by atoms with Gasteiger partial charge in [0.1, 0.15) is 0 Å². The summed E-state index contributed by atoms with van der Waals surface area (Å²) >= 11 is 5.35. The maximum absolute atomic E-state index is 5.69. The zero-order valence-electron chi connectivity index (χ0n) is 10.0. The fourth-order valence-corrected chi connectivity index (χ4v) is 3.88. The maximum atomic E-state index is 5.69. The second-order valence-electron chi connectivity index (χ2n) is 4.62. The molecule has 0 amide bonds. The molecule has 2 heterocycles. The average molecular weight is 319 g/mol. The molecule has 3 N–H and O–H groups in total. The Labute approximate surface area is 115 Å². The molecule has 1 fully saturated rings. The summed E-state index contributed by atoms with van der Waals surface area (Å²) in [7, 11) is 0. The third kappa shape index (κ3) is 3.51. The van der Waals surface area contributed by atoms with Crippen LogP contribution in [0.25, 0.3) is 0 Å². The number of thiophene rings is 1. The predicted octanol–water partition coefficient (Wildman–Crippen LogP) is 3.14. The lowest BCUT2D eigenvalue weighted by Gasteiger charge is -2.25. The first-order valence-electron chi connectivity index (χ1n) is 6.00. The molecular formula is C12H19BrN2OS. The first-order valence-corrected chi connectivity index (χ1v) is 7.61. The van der Waals surface area contributed by atoms with Crippen LogP contribution in [0.15, 0.2) is 9.85 Å². The third-order valence-electron chi connectivity index (χ3n) is 3.33. The van der Waals surface area contributed by atoms with Gasteiger partial charge < -0.3 is 4.74 Å². The number of hydrogen-bond donors (Lipinski definition) is 2. The van der Waals surface area contributed by atoms with Gasteiger partial charge in [0.05, 0.1) is 9.83 Å². The molecule has 3 nitrogen and oxygen atoms in total. The van der Waals surface area contributed by atoms with E-state index in [4.69, 9.17) is 10.6 Å². The Kier molecular flexibility index (Phi) is 4.99. The van der Waals surface area contributed by atoms with E-state index in [1.807, 2.05) is 0 Å². The van der Waals surface area contributed by atoms with Gasteiger partial charge in [0.15, 0.2) is 0 Å². The first-order chi connectivity index (χ1) is 8.20. The minimum atomic E-state index is 0.271. The van der Waals surface area contributed by atoms with Gasteiger partial charge in [0.25, 0.3) is 0 Å². The molecule has 1 atom stereocenters. The monoisotopic (exact) mass is 318 g/mol. The van der Waals surface area contributed by atoms with E-state index in [-0.39, 0.29) is 6.04 Å². The van der Waals surface area contributed by atoms with Crippen molar-refractivity contribution >= 4 is 27.3 Å². The zero-order chi connectivity index (χ0) is 12.3. The van der Waals surface area contributed by atoms with Crippen molar-refractivity contribution in [1.82, 2.24) is 5.43 Å². The largest absolute Gasteiger partial charge is 0.381 e. The van der Waals surface area contributed by atoms with Crippen molar-refractivity contribution in [2.45, 2.75) is 32.2 Å². The van der Waals surface area contributed by atoms with E-state index in [0.29, 0.717) is 0 Å². The lowest BCUT2D eigenvalue weighted by molar-refractivity contribution is 0.0606. The molecule has 1 saturated heterocycles. The average Bonchev–Trinajstić information content (AvgIpc) is 2.68. The van der Waals surface area contributed by atoms with Crippen LogP contribution in [0.5, 0.6) is 0 Å². The Morgan fingerprint density at radius 2 is 2.29 bits per heavy atom. The van der Waals surface area contributed by atoms with E-state index in [1.165, 1.54) is 14.2 Å². The Morgan fingerprint density at radius 1 is 1.59 bits per heavy atom. The van der Waals surface area contributed by atoms with Gasteiger partial charge >= 0.3 is 0 Å². The highest BCUT2D eigenvalue weighted by molar-refractivity contribution is 9.11. The van der Waals surface area contributed by atoms with Crippen LogP contribution in [0.1, 0.15) is 35.7 Å². The number of aryl methyl sites for hydroxylation is 1. The van der Waals surface area contributed by atoms with Crippen LogP contribution in [-0.2, 0) is 4.74 Å². The molecule has 1 aliphatic rings. The van der Waals surface area contributed by atoms with Crippen LogP contribution in [0, 0.1) is 12.8 Å².